The zero-order valence-electron chi connectivity index (χ0n) is 18.8. The monoisotopic (exact) mass is 421 g/mol. The number of hydrogen-bond donors (Lipinski definition) is 1. The Bertz CT molecular complexity index is 879. The van der Waals surface area contributed by atoms with Crippen LogP contribution in [0.15, 0.2) is 53.7 Å². The second-order valence-corrected chi connectivity index (χ2v) is 8.36. The molecule has 3 rings (SSSR count). The molecule has 1 heterocycles. The number of nitrogens with zero attached hydrogens (tertiary/aromatic N) is 2. The minimum absolute atomic E-state index is 0.0271. The van der Waals surface area contributed by atoms with Crippen LogP contribution in [0.3, 0.4) is 0 Å². The van der Waals surface area contributed by atoms with Gasteiger partial charge in [0.1, 0.15) is 6.61 Å². The highest BCUT2D eigenvalue weighted by Crippen LogP contribution is 2.23. The Morgan fingerprint density at radius 1 is 1.16 bits per heavy atom. The van der Waals surface area contributed by atoms with E-state index in [0.717, 1.165) is 67.6 Å². The quantitative estimate of drug-likeness (QED) is 0.265. The summed E-state index contributed by atoms with van der Waals surface area (Å²) in [5.74, 6) is 0.264. The number of nitrogens with two attached hydrogens (primary N) is 1. The molecule has 1 aliphatic heterocycles. The molecule has 1 saturated heterocycles. The highest BCUT2D eigenvalue weighted by molar-refractivity contribution is 6.01. The van der Waals surface area contributed by atoms with E-state index in [1.165, 1.54) is 5.56 Å². The molecular weight excluding hydrogens is 386 g/mol. The van der Waals surface area contributed by atoms with E-state index in [1.807, 2.05) is 37.3 Å². The lowest BCUT2D eigenvalue weighted by molar-refractivity contribution is 0.0744. The molecule has 2 aromatic carbocycles. The molecule has 1 fully saturated rings. The largest absolute Gasteiger partial charge is 0.394 e. The Labute approximate surface area is 186 Å². The Balaban J connectivity index is 1.65. The van der Waals surface area contributed by atoms with Crippen LogP contribution in [0.2, 0.25) is 0 Å². The third kappa shape index (κ3) is 6.49. The van der Waals surface area contributed by atoms with Crippen LogP contribution in [0, 0.1) is 13.8 Å². The predicted octanol–water partition coefficient (Wildman–Crippen LogP) is 4.50. The minimum atomic E-state index is -0.0271. The van der Waals surface area contributed by atoms with Crippen molar-refractivity contribution >= 4 is 11.5 Å². The fraction of sp³-hybridized carbons (Fsp3) is 0.462. The molecule has 0 radical (unpaired) electrons. The fourth-order valence-corrected chi connectivity index (χ4v) is 4.32. The molecule has 0 amide bonds. The van der Waals surface area contributed by atoms with Gasteiger partial charge >= 0.3 is 0 Å². The first-order valence-electron chi connectivity index (χ1n) is 11.4. The van der Waals surface area contributed by atoms with Crippen molar-refractivity contribution in [2.24, 2.45) is 10.9 Å². The maximum Gasteiger partial charge on any atom is 0.180 e. The second-order valence-electron chi connectivity index (χ2n) is 8.36. The van der Waals surface area contributed by atoms with Crippen LogP contribution in [-0.4, -0.2) is 48.7 Å². The van der Waals surface area contributed by atoms with Crippen LogP contribution < -0.4 is 5.73 Å². The summed E-state index contributed by atoms with van der Waals surface area (Å²) < 4.78 is 0. The minimum Gasteiger partial charge on any atom is -0.394 e. The molecule has 2 N–H and O–H groups in total. The van der Waals surface area contributed by atoms with E-state index in [9.17, 15) is 4.79 Å². The lowest BCUT2D eigenvalue weighted by Crippen LogP contribution is -2.45. The van der Waals surface area contributed by atoms with Crippen molar-refractivity contribution in [3.05, 3.63) is 70.8 Å². The summed E-state index contributed by atoms with van der Waals surface area (Å²) in [7, 11) is 0. The van der Waals surface area contributed by atoms with E-state index in [0.29, 0.717) is 13.2 Å². The highest BCUT2D eigenvalue weighted by atomic mass is 16.6. The van der Waals surface area contributed by atoms with Crippen molar-refractivity contribution in [2.75, 3.05) is 26.2 Å². The maximum absolute atomic E-state index is 13.3. The van der Waals surface area contributed by atoms with E-state index >= 15 is 0 Å². The number of aryl methyl sites for hydroxylation is 2. The molecule has 5 heteroatoms. The van der Waals surface area contributed by atoms with E-state index in [2.05, 4.69) is 35.2 Å². The Hall–Kier alpha value is -2.50. The van der Waals surface area contributed by atoms with Crippen molar-refractivity contribution in [1.29, 1.82) is 0 Å². The van der Waals surface area contributed by atoms with Crippen LogP contribution in [0.1, 0.15) is 59.2 Å². The summed E-state index contributed by atoms with van der Waals surface area (Å²) >= 11 is 0. The molecule has 5 nitrogen and oxygen atoms in total. The molecule has 0 saturated carbocycles. The van der Waals surface area contributed by atoms with Crippen LogP contribution in [0.25, 0.3) is 0 Å². The van der Waals surface area contributed by atoms with E-state index < -0.39 is 0 Å². The number of oxime groups is 1. The fourth-order valence-electron chi connectivity index (χ4n) is 4.32. The standard InChI is InChI=1S/C26H35N3O2/c1-20-13-14-23(21(2)19-20)26(30)25-12-6-7-16-29(25)17-8-11-24(28-31-18-15-27)22-9-4-3-5-10-22/h3-5,9-10,13-14,19,25H,6-8,11-12,15-18,27H2,1-2H3/b28-24-. The first kappa shape index (κ1) is 23.2. The van der Waals surface area contributed by atoms with Gasteiger partial charge < -0.3 is 10.6 Å². The Morgan fingerprint density at radius 2 is 1.97 bits per heavy atom. The lowest BCUT2D eigenvalue weighted by atomic mass is 9.91. The number of Topliss-reactive ketones (excluding diaryl/α,β-unsaturated/α-hetero) is 1. The third-order valence-corrected chi connectivity index (χ3v) is 5.91. The molecule has 1 atom stereocenters. The van der Waals surface area contributed by atoms with Crippen molar-refractivity contribution in [3.8, 4) is 0 Å². The number of hydrogen-bond acceptors (Lipinski definition) is 5. The number of benzene rings is 2. The van der Waals surface area contributed by atoms with Gasteiger partial charge in [-0.2, -0.15) is 0 Å². The van der Waals surface area contributed by atoms with Gasteiger partial charge in [0.05, 0.1) is 11.8 Å². The van der Waals surface area contributed by atoms with Gasteiger partial charge in [0, 0.05) is 12.1 Å². The molecule has 31 heavy (non-hydrogen) atoms. The molecule has 0 aromatic heterocycles. The van der Waals surface area contributed by atoms with Gasteiger partial charge in [-0.05, 0) is 63.7 Å². The number of carbonyl (C=O) groups is 1. The van der Waals surface area contributed by atoms with Crippen LogP contribution in [0.4, 0.5) is 0 Å². The summed E-state index contributed by atoms with van der Waals surface area (Å²) in [6.07, 6.45) is 4.93. The lowest BCUT2D eigenvalue weighted by Gasteiger charge is -2.35. The normalized spacial score (nSPS) is 17.5. The molecule has 1 aliphatic rings. The second kappa shape index (κ2) is 11.8. The predicted molar refractivity (Wildman–Crippen MR) is 127 cm³/mol. The highest BCUT2D eigenvalue weighted by Gasteiger charge is 2.29. The summed E-state index contributed by atoms with van der Waals surface area (Å²) in [5.41, 5.74) is 10.7. The van der Waals surface area contributed by atoms with Gasteiger partial charge in [-0.15, -0.1) is 0 Å². The van der Waals surface area contributed by atoms with Gasteiger partial charge in [0.25, 0.3) is 0 Å². The van der Waals surface area contributed by atoms with Gasteiger partial charge in [-0.3, -0.25) is 9.69 Å². The number of piperidine rings is 1. The number of rotatable bonds is 10. The van der Waals surface area contributed by atoms with E-state index in [1.54, 1.807) is 0 Å². The summed E-state index contributed by atoms with van der Waals surface area (Å²) in [4.78, 5) is 21.1. The van der Waals surface area contributed by atoms with Crippen molar-refractivity contribution in [2.45, 2.75) is 52.0 Å². The van der Waals surface area contributed by atoms with Crippen molar-refractivity contribution < 1.29 is 9.63 Å². The van der Waals surface area contributed by atoms with Crippen molar-refractivity contribution in [3.63, 3.8) is 0 Å². The first-order chi connectivity index (χ1) is 15.1. The van der Waals surface area contributed by atoms with Crippen LogP contribution in [-0.2, 0) is 4.84 Å². The molecule has 1 unspecified atom stereocenters. The van der Waals surface area contributed by atoms with Gasteiger partial charge in [0.2, 0.25) is 0 Å². The van der Waals surface area contributed by atoms with Crippen LogP contribution in [0.5, 0.6) is 0 Å². The van der Waals surface area contributed by atoms with Crippen molar-refractivity contribution in [1.82, 2.24) is 4.90 Å². The zero-order chi connectivity index (χ0) is 22.1. The molecule has 2 aromatic rings. The van der Waals surface area contributed by atoms with E-state index in [-0.39, 0.29) is 11.8 Å². The maximum atomic E-state index is 13.3. The average Bonchev–Trinajstić information content (AvgIpc) is 2.78. The van der Waals surface area contributed by atoms with Gasteiger partial charge in [-0.1, -0.05) is 65.7 Å². The smallest absolute Gasteiger partial charge is 0.180 e. The average molecular weight is 422 g/mol. The molecule has 0 spiro atoms. The Morgan fingerprint density at radius 3 is 2.71 bits per heavy atom. The molecule has 166 valence electrons. The molecular formula is C26H35N3O2. The molecule has 0 bridgehead atoms. The van der Waals surface area contributed by atoms with Gasteiger partial charge in [0.15, 0.2) is 5.78 Å². The van der Waals surface area contributed by atoms with E-state index in [4.69, 9.17) is 10.6 Å². The first-order valence-corrected chi connectivity index (χ1v) is 11.4. The number of likely N-dealkylation sites (tertiary alicyclic amines) is 1. The van der Waals surface area contributed by atoms with Crippen LogP contribution >= 0.6 is 0 Å². The number of ketones is 1. The molecule has 0 aliphatic carbocycles. The summed E-state index contributed by atoms with van der Waals surface area (Å²) in [6.45, 7) is 6.82. The zero-order valence-corrected chi connectivity index (χ0v) is 18.8. The summed E-state index contributed by atoms with van der Waals surface area (Å²) in [6, 6.07) is 16.2. The Kier molecular flexibility index (Phi) is 8.80. The summed E-state index contributed by atoms with van der Waals surface area (Å²) in [5, 5.41) is 4.34. The van der Waals surface area contributed by atoms with Gasteiger partial charge in [-0.25, -0.2) is 0 Å². The number of carbonyl (C=O) groups excluding carboxylic acids is 1. The topological polar surface area (TPSA) is 67.9 Å². The third-order valence-electron chi connectivity index (χ3n) is 5.91. The SMILES string of the molecule is Cc1ccc(C(=O)C2CCCCN2CCC/C(=N/OCCN)c2ccccc2)c(C)c1.